The van der Waals surface area contributed by atoms with Crippen LogP contribution in [-0.4, -0.2) is 36.4 Å². The molecule has 0 aliphatic carbocycles. The lowest BCUT2D eigenvalue weighted by Crippen LogP contribution is -2.34. The van der Waals surface area contributed by atoms with Gasteiger partial charge in [0.25, 0.3) is 0 Å². The second-order valence-corrected chi connectivity index (χ2v) is 7.38. The topological polar surface area (TPSA) is 50.8 Å². The number of nitrogens with zero attached hydrogens (tertiary/aromatic N) is 1. The zero-order valence-corrected chi connectivity index (χ0v) is 15.0. The van der Waals surface area contributed by atoms with Crippen molar-refractivity contribution in [2.75, 3.05) is 30.8 Å². The van der Waals surface area contributed by atoms with Crippen LogP contribution in [0.5, 0.6) is 11.5 Å². The van der Waals surface area contributed by atoms with Crippen molar-refractivity contribution in [1.29, 1.82) is 0 Å². The molecule has 0 radical (unpaired) electrons. The summed E-state index contributed by atoms with van der Waals surface area (Å²) in [5.74, 6) is 2.39. The average molecular weight is 377 g/mol. The molecule has 1 atom stereocenters. The Balaban J connectivity index is 1.53. The van der Waals surface area contributed by atoms with Crippen LogP contribution in [0.1, 0.15) is 10.9 Å². The molecule has 0 aromatic heterocycles. The first-order valence-electron chi connectivity index (χ1n) is 8.05. The maximum atomic E-state index is 12.7. The number of halogens is 1. The Morgan fingerprint density at radius 3 is 2.84 bits per heavy atom. The molecule has 2 heterocycles. The van der Waals surface area contributed by atoms with E-state index in [1.807, 2.05) is 35.2 Å². The van der Waals surface area contributed by atoms with E-state index in [4.69, 9.17) is 21.1 Å². The van der Waals surface area contributed by atoms with Gasteiger partial charge in [0.15, 0.2) is 11.5 Å². The van der Waals surface area contributed by atoms with E-state index in [0.717, 1.165) is 22.8 Å². The lowest BCUT2D eigenvalue weighted by Gasteiger charge is -2.26. The van der Waals surface area contributed by atoms with Crippen molar-refractivity contribution >= 4 is 35.1 Å². The summed E-state index contributed by atoms with van der Waals surface area (Å²) in [4.78, 5) is 14.5. The number of hydrogen-bond acceptors (Lipinski definition) is 4. The van der Waals surface area contributed by atoms with Gasteiger partial charge in [-0.05, 0) is 35.9 Å². The zero-order valence-electron chi connectivity index (χ0n) is 13.4. The third kappa shape index (κ3) is 3.50. The van der Waals surface area contributed by atoms with E-state index in [0.29, 0.717) is 30.5 Å². The van der Waals surface area contributed by atoms with E-state index in [1.165, 1.54) is 0 Å². The zero-order chi connectivity index (χ0) is 17.2. The lowest BCUT2D eigenvalue weighted by atomic mass is 10.1. The molecule has 2 aromatic rings. The number of fused-ring (bicyclic) bond motifs is 1. The SMILES string of the molecule is O=C(Nc1cccc(Cl)c1)N1CCS[C@@H]1c1ccc2c(c1)OCCO2. The smallest absolute Gasteiger partial charge is 0.323 e. The minimum absolute atomic E-state index is 0.0463. The van der Waals surface area contributed by atoms with E-state index >= 15 is 0 Å². The van der Waals surface area contributed by atoms with E-state index in [2.05, 4.69) is 5.32 Å². The quantitative estimate of drug-likeness (QED) is 0.844. The number of hydrogen-bond donors (Lipinski definition) is 1. The van der Waals surface area contributed by atoms with Gasteiger partial charge in [0.05, 0.1) is 0 Å². The summed E-state index contributed by atoms with van der Waals surface area (Å²) in [6, 6.07) is 12.9. The molecule has 2 amide bonds. The molecular formula is C18H17ClN2O3S. The molecule has 0 unspecified atom stereocenters. The first kappa shape index (κ1) is 16.4. The minimum Gasteiger partial charge on any atom is -0.486 e. The fourth-order valence-corrected chi connectivity index (χ4v) is 4.36. The van der Waals surface area contributed by atoms with Crippen molar-refractivity contribution in [3.63, 3.8) is 0 Å². The van der Waals surface area contributed by atoms with Crippen molar-refractivity contribution in [3.05, 3.63) is 53.1 Å². The Kier molecular flexibility index (Phi) is 4.63. The molecule has 0 bridgehead atoms. The number of carbonyl (C=O) groups is 1. The molecular weight excluding hydrogens is 360 g/mol. The summed E-state index contributed by atoms with van der Waals surface area (Å²) < 4.78 is 11.2. The molecule has 5 nitrogen and oxygen atoms in total. The number of benzene rings is 2. The summed E-state index contributed by atoms with van der Waals surface area (Å²) in [5.41, 5.74) is 1.73. The molecule has 25 heavy (non-hydrogen) atoms. The van der Waals surface area contributed by atoms with Crippen molar-refractivity contribution in [3.8, 4) is 11.5 Å². The van der Waals surface area contributed by atoms with Gasteiger partial charge in [-0.15, -0.1) is 11.8 Å². The Hall–Kier alpha value is -2.05. The first-order chi connectivity index (χ1) is 12.2. The summed E-state index contributed by atoms with van der Waals surface area (Å²) >= 11 is 7.72. The highest BCUT2D eigenvalue weighted by atomic mass is 35.5. The third-order valence-electron chi connectivity index (χ3n) is 4.08. The molecule has 0 spiro atoms. The van der Waals surface area contributed by atoms with Crippen molar-refractivity contribution in [2.45, 2.75) is 5.37 Å². The summed E-state index contributed by atoms with van der Waals surface area (Å²) in [6.45, 7) is 1.81. The van der Waals surface area contributed by atoms with Gasteiger partial charge in [-0.1, -0.05) is 23.7 Å². The number of ether oxygens (including phenoxy) is 2. The molecule has 1 N–H and O–H groups in total. The van der Waals surface area contributed by atoms with Crippen LogP contribution in [0.25, 0.3) is 0 Å². The summed E-state index contributed by atoms with van der Waals surface area (Å²) in [5, 5.41) is 3.47. The van der Waals surface area contributed by atoms with Crippen LogP contribution in [0.15, 0.2) is 42.5 Å². The fourth-order valence-electron chi connectivity index (χ4n) is 2.93. The standard InChI is InChI=1S/C18H17ClN2O3S/c19-13-2-1-3-14(11-13)20-18(22)21-6-9-25-17(21)12-4-5-15-16(10-12)24-8-7-23-15/h1-5,10-11,17H,6-9H2,(H,20,22)/t17-/m1/s1. The monoisotopic (exact) mass is 376 g/mol. The Morgan fingerprint density at radius 1 is 1.16 bits per heavy atom. The molecule has 4 rings (SSSR count). The number of anilines is 1. The highest BCUT2D eigenvalue weighted by Crippen LogP contribution is 2.41. The minimum atomic E-state index is -0.132. The van der Waals surface area contributed by atoms with Crippen LogP contribution in [0, 0.1) is 0 Å². The van der Waals surface area contributed by atoms with Crippen LogP contribution in [-0.2, 0) is 0 Å². The van der Waals surface area contributed by atoms with Gasteiger partial charge in [-0.2, -0.15) is 0 Å². The van der Waals surface area contributed by atoms with Gasteiger partial charge in [-0.25, -0.2) is 4.79 Å². The number of urea groups is 1. The largest absolute Gasteiger partial charge is 0.486 e. The normalized spacial score (nSPS) is 18.9. The lowest BCUT2D eigenvalue weighted by molar-refractivity contribution is 0.171. The summed E-state index contributed by atoms with van der Waals surface area (Å²) in [7, 11) is 0. The Bertz CT molecular complexity index is 802. The Labute approximate surface area is 155 Å². The molecule has 0 saturated carbocycles. The highest BCUT2D eigenvalue weighted by Gasteiger charge is 2.31. The number of amides is 2. The average Bonchev–Trinajstić information content (AvgIpc) is 3.11. The molecule has 2 aromatic carbocycles. The molecule has 130 valence electrons. The maximum absolute atomic E-state index is 12.7. The fraction of sp³-hybridized carbons (Fsp3) is 0.278. The van der Waals surface area contributed by atoms with Gasteiger partial charge in [0, 0.05) is 23.0 Å². The summed E-state index contributed by atoms with van der Waals surface area (Å²) in [6.07, 6.45) is 0. The molecule has 1 saturated heterocycles. The second kappa shape index (κ2) is 7.06. The van der Waals surface area contributed by atoms with Gasteiger partial charge in [0.1, 0.15) is 18.6 Å². The predicted octanol–water partition coefficient (Wildman–Crippen LogP) is 4.39. The van der Waals surface area contributed by atoms with E-state index < -0.39 is 0 Å². The van der Waals surface area contributed by atoms with Crippen molar-refractivity contribution in [1.82, 2.24) is 4.90 Å². The van der Waals surface area contributed by atoms with Gasteiger partial charge < -0.3 is 19.7 Å². The Morgan fingerprint density at radius 2 is 2.00 bits per heavy atom. The van der Waals surface area contributed by atoms with Crippen LogP contribution >= 0.6 is 23.4 Å². The third-order valence-corrected chi connectivity index (χ3v) is 5.57. The highest BCUT2D eigenvalue weighted by molar-refractivity contribution is 7.99. The van der Waals surface area contributed by atoms with Crippen molar-refractivity contribution in [2.24, 2.45) is 0 Å². The number of nitrogens with one attached hydrogen (secondary N) is 1. The second-order valence-electron chi connectivity index (χ2n) is 5.76. The molecule has 2 aliphatic heterocycles. The molecule has 1 fully saturated rings. The molecule has 2 aliphatic rings. The first-order valence-corrected chi connectivity index (χ1v) is 9.48. The van der Waals surface area contributed by atoms with E-state index in [9.17, 15) is 4.79 Å². The van der Waals surface area contributed by atoms with Gasteiger partial charge in [0.2, 0.25) is 0 Å². The maximum Gasteiger partial charge on any atom is 0.323 e. The van der Waals surface area contributed by atoms with E-state index in [1.54, 1.807) is 23.9 Å². The number of rotatable bonds is 2. The van der Waals surface area contributed by atoms with Gasteiger partial charge >= 0.3 is 6.03 Å². The predicted molar refractivity (Wildman–Crippen MR) is 99.8 cm³/mol. The van der Waals surface area contributed by atoms with Crippen LogP contribution < -0.4 is 14.8 Å². The van der Waals surface area contributed by atoms with Crippen LogP contribution in [0.3, 0.4) is 0 Å². The molecule has 7 heteroatoms. The van der Waals surface area contributed by atoms with Crippen molar-refractivity contribution < 1.29 is 14.3 Å². The van der Waals surface area contributed by atoms with E-state index in [-0.39, 0.29) is 11.4 Å². The number of carbonyl (C=O) groups excluding carboxylic acids is 1. The van der Waals surface area contributed by atoms with Crippen LogP contribution in [0.2, 0.25) is 5.02 Å². The van der Waals surface area contributed by atoms with Gasteiger partial charge in [-0.3, -0.25) is 0 Å². The van der Waals surface area contributed by atoms with Crippen LogP contribution in [0.4, 0.5) is 10.5 Å². The number of thioether (sulfide) groups is 1.